The van der Waals surface area contributed by atoms with Gasteiger partial charge in [-0.1, -0.05) is 27.2 Å². The van der Waals surface area contributed by atoms with Gasteiger partial charge in [-0.2, -0.15) is 0 Å². The van der Waals surface area contributed by atoms with Crippen molar-refractivity contribution in [3.63, 3.8) is 0 Å². The Balaban J connectivity index is 2.63. The van der Waals surface area contributed by atoms with Crippen LogP contribution in [0.15, 0.2) is 0 Å². The molecule has 1 heterocycles. The Kier molecular flexibility index (Phi) is 2.04. The van der Waals surface area contributed by atoms with E-state index in [9.17, 15) is 0 Å². The van der Waals surface area contributed by atoms with Crippen molar-refractivity contribution in [2.24, 2.45) is 11.3 Å². The van der Waals surface area contributed by atoms with Gasteiger partial charge in [0.25, 0.3) is 0 Å². The summed E-state index contributed by atoms with van der Waals surface area (Å²) in [6.45, 7) is 9.96. The fourth-order valence-corrected chi connectivity index (χ4v) is 2.09. The van der Waals surface area contributed by atoms with Crippen LogP contribution in [0.5, 0.6) is 0 Å². The lowest BCUT2D eigenvalue weighted by Crippen LogP contribution is -2.24. The van der Waals surface area contributed by atoms with E-state index in [0.717, 1.165) is 12.5 Å². The smallest absolute Gasteiger partial charge is 0.0581 e. The summed E-state index contributed by atoms with van der Waals surface area (Å²) in [6.07, 6.45) is 1.72. The summed E-state index contributed by atoms with van der Waals surface area (Å²) < 4.78 is 5.57. The maximum absolute atomic E-state index is 5.57. The SMILES string of the molecule is CC[C@H]1[C@@H](C)OCC1(C)C. The first-order chi connectivity index (χ1) is 4.58. The number of hydrogen-bond acceptors (Lipinski definition) is 1. The van der Waals surface area contributed by atoms with Crippen molar-refractivity contribution in [1.82, 2.24) is 0 Å². The highest BCUT2D eigenvalue weighted by atomic mass is 16.5. The average Bonchev–Trinajstić information content (AvgIpc) is 2.07. The van der Waals surface area contributed by atoms with Gasteiger partial charge in [-0.25, -0.2) is 0 Å². The van der Waals surface area contributed by atoms with Crippen molar-refractivity contribution in [3.05, 3.63) is 0 Å². The van der Waals surface area contributed by atoms with Crippen LogP contribution in [0.1, 0.15) is 34.1 Å². The minimum atomic E-state index is 0.411. The molecule has 1 fully saturated rings. The molecule has 0 amide bonds. The van der Waals surface area contributed by atoms with Crippen LogP contribution in [-0.2, 0) is 4.74 Å². The molecule has 0 aromatic carbocycles. The number of rotatable bonds is 1. The highest BCUT2D eigenvalue weighted by Crippen LogP contribution is 2.39. The van der Waals surface area contributed by atoms with Gasteiger partial charge in [-0.3, -0.25) is 0 Å². The van der Waals surface area contributed by atoms with E-state index in [1.54, 1.807) is 0 Å². The van der Waals surface area contributed by atoms with Crippen LogP contribution >= 0.6 is 0 Å². The predicted octanol–water partition coefficient (Wildman–Crippen LogP) is 2.46. The van der Waals surface area contributed by atoms with E-state index >= 15 is 0 Å². The van der Waals surface area contributed by atoms with Crippen LogP contribution in [0.4, 0.5) is 0 Å². The van der Waals surface area contributed by atoms with Crippen molar-refractivity contribution >= 4 is 0 Å². The molecule has 0 spiro atoms. The topological polar surface area (TPSA) is 9.23 Å². The van der Waals surface area contributed by atoms with Crippen molar-refractivity contribution in [2.45, 2.75) is 40.2 Å². The van der Waals surface area contributed by atoms with Crippen LogP contribution in [0.25, 0.3) is 0 Å². The lowest BCUT2D eigenvalue weighted by Gasteiger charge is -2.25. The Morgan fingerprint density at radius 1 is 1.50 bits per heavy atom. The third kappa shape index (κ3) is 1.20. The van der Waals surface area contributed by atoms with E-state index in [2.05, 4.69) is 27.7 Å². The summed E-state index contributed by atoms with van der Waals surface area (Å²) in [5, 5.41) is 0. The second-order valence-electron chi connectivity index (χ2n) is 4.02. The zero-order valence-electron chi connectivity index (χ0n) is 7.48. The molecular formula is C9H18O. The van der Waals surface area contributed by atoms with Crippen molar-refractivity contribution in [3.8, 4) is 0 Å². The quantitative estimate of drug-likeness (QED) is 0.546. The average molecular weight is 142 g/mol. The second kappa shape index (κ2) is 2.54. The van der Waals surface area contributed by atoms with E-state index in [1.807, 2.05) is 0 Å². The van der Waals surface area contributed by atoms with Gasteiger partial charge < -0.3 is 4.74 Å². The molecule has 1 aliphatic heterocycles. The molecule has 1 nitrogen and oxygen atoms in total. The van der Waals surface area contributed by atoms with Crippen LogP contribution in [0, 0.1) is 11.3 Å². The molecule has 0 aromatic rings. The zero-order valence-corrected chi connectivity index (χ0v) is 7.48. The maximum atomic E-state index is 5.57. The van der Waals surface area contributed by atoms with Crippen LogP contribution in [-0.4, -0.2) is 12.7 Å². The zero-order chi connectivity index (χ0) is 7.78. The van der Waals surface area contributed by atoms with E-state index in [4.69, 9.17) is 4.74 Å². The molecular weight excluding hydrogens is 124 g/mol. The monoisotopic (exact) mass is 142 g/mol. The largest absolute Gasteiger partial charge is 0.378 e. The molecule has 0 aromatic heterocycles. The predicted molar refractivity (Wildman–Crippen MR) is 43.0 cm³/mol. The minimum Gasteiger partial charge on any atom is -0.378 e. The molecule has 1 heteroatoms. The van der Waals surface area contributed by atoms with E-state index in [1.165, 1.54) is 6.42 Å². The van der Waals surface area contributed by atoms with Crippen LogP contribution in [0.3, 0.4) is 0 Å². The Hall–Kier alpha value is -0.0400. The lowest BCUT2D eigenvalue weighted by atomic mass is 9.78. The molecule has 1 aliphatic rings. The van der Waals surface area contributed by atoms with Crippen molar-refractivity contribution in [1.29, 1.82) is 0 Å². The Morgan fingerprint density at radius 3 is 2.30 bits per heavy atom. The second-order valence-corrected chi connectivity index (χ2v) is 4.02. The molecule has 1 rings (SSSR count). The van der Waals surface area contributed by atoms with Crippen LogP contribution in [0.2, 0.25) is 0 Å². The minimum absolute atomic E-state index is 0.411. The molecule has 0 unspecified atom stereocenters. The third-order valence-corrected chi connectivity index (χ3v) is 2.73. The summed E-state index contributed by atoms with van der Waals surface area (Å²) in [5.41, 5.74) is 0.411. The highest BCUT2D eigenvalue weighted by Gasteiger charge is 2.39. The van der Waals surface area contributed by atoms with E-state index in [-0.39, 0.29) is 0 Å². The molecule has 0 radical (unpaired) electrons. The third-order valence-electron chi connectivity index (χ3n) is 2.73. The van der Waals surface area contributed by atoms with Gasteiger partial charge in [0.2, 0.25) is 0 Å². The van der Waals surface area contributed by atoms with Gasteiger partial charge in [-0.15, -0.1) is 0 Å². The maximum Gasteiger partial charge on any atom is 0.0581 e. The van der Waals surface area contributed by atoms with Gasteiger partial charge in [0.15, 0.2) is 0 Å². The van der Waals surface area contributed by atoms with Gasteiger partial charge in [0.05, 0.1) is 12.7 Å². The summed E-state index contributed by atoms with van der Waals surface area (Å²) in [7, 11) is 0. The molecule has 0 bridgehead atoms. The highest BCUT2D eigenvalue weighted by molar-refractivity contribution is 4.86. The van der Waals surface area contributed by atoms with Gasteiger partial charge in [0, 0.05) is 0 Å². The molecule has 60 valence electrons. The molecule has 0 saturated carbocycles. The van der Waals surface area contributed by atoms with Crippen molar-refractivity contribution in [2.75, 3.05) is 6.61 Å². The standard InChI is InChI=1S/C9H18O/c1-5-8-7(2)10-6-9(8,3)4/h7-8H,5-6H2,1-4H3/t7-,8+/m1/s1. The first-order valence-electron chi connectivity index (χ1n) is 4.19. The van der Waals surface area contributed by atoms with Gasteiger partial charge in [0.1, 0.15) is 0 Å². The Labute approximate surface area is 63.8 Å². The summed E-state index contributed by atoms with van der Waals surface area (Å²) >= 11 is 0. The number of ether oxygens (including phenoxy) is 1. The van der Waals surface area contributed by atoms with E-state index in [0.29, 0.717) is 11.5 Å². The fraction of sp³-hybridized carbons (Fsp3) is 1.00. The van der Waals surface area contributed by atoms with E-state index < -0.39 is 0 Å². The molecule has 0 N–H and O–H groups in total. The summed E-state index contributed by atoms with van der Waals surface area (Å²) in [5.74, 6) is 0.757. The summed E-state index contributed by atoms with van der Waals surface area (Å²) in [6, 6.07) is 0. The fourth-order valence-electron chi connectivity index (χ4n) is 2.09. The van der Waals surface area contributed by atoms with Crippen molar-refractivity contribution < 1.29 is 4.74 Å². The van der Waals surface area contributed by atoms with Gasteiger partial charge in [-0.05, 0) is 18.3 Å². The molecule has 10 heavy (non-hydrogen) atoms. The summed E-state index contributed by atoms with van der Waals surface area (Å²) in [4.78, 5) is 0. The molecule has 1 saturated heterocycles. The number of hydrogen-bond donors (Lipinski definition) is 0. The Morgan fingerprint density at radius 2 is 2.10 bits per heavy atom. The molecule has 2 atom stereocenters. The first kappa shape index (κ1) is 8.06. The Bertz CT molecular complexity index is 118. The normalized spacial score (nSPS) is 38.4. The first-order valence-corrected chi connectivity index (χ1v) is 4.19. The molecule has 0 aliphatic carbocycles. The van der Waals surface area contributed by atoms with Gasteiger partial charge >= 0.3 is 0 Å². The van der Waals surface area contributed by atoms with Crippen LogP contribution < -0.4 is 0 Å². The lowest BCUT2D eigenvalue weighted by molar-refractivity contribution is 0.102.